The lowest BCUT2D eigenvalue weighted by Crippen LogP contribution is -2.39. The third-order valence-electron chi connectivity index (χ3n) is 3.39. The Morgan fingerprint density at radius 3 is 2.52 bits per heavy atom. The van der Waals surface area contributed by atoms with Gasteiger partial charge >= 0.3 is 0 Å². The molecule has 110 valence electrons. The van der Waals surface area contributed by atoms with Crippen LogP contribution >= 0.6 is 0 Å². The lowest BCUT2D eigenvalue weighted by Gasteiger charge is -2.27. The number of hydrogen-bond donors (Lipinski definition) is 2. The first-order valence-electron chi connectivity index (χ1n) is 6.96. The molecule has 0 aliphatic carbocycles. The van der Waals surface area contributed by atoms with Crippen molar-refractivity contribution in [1.29, 1.82) is 10.7 Å². The van der Waals surface area contributed by atoms with E-state index in [4.69, 9.17) is 10.1 Å². The second-order valence-corrected chi connectivity index (χ2v) is 4.81. The number of piperidine rings is 1. The lowest BCUT2D eigenvalue weighted by atomic mass is 10.1. The van der Waals surface area contributed by atoms with E-state index in [0.29, 0.717) is 0 Å². The molecule has 0 radical (unpaired) electrons. The number of ether oxygens (including phenoxy) is 1. The molecular formula is C15H19N5O. The average molecular weight is 285 g/mol. The summed E-state index contributed by atoms with van der Waals surface area (Å²) in [6.07, 6.45) is 3.31. The minimum atomic E-state index is 0.104. The fourth-order valence-electron chi connectivity index (χ4n) is 2.18. The molecule has 0 bridgehead atoms. The van der Waals surface area contributed by atoms with E-state index in [1.807, 2.05) is 23.1 Å². The Bertz CT molecular complexity index is 552. The van der Waals surface area contributed by atoms with Crippen LogP contribution in [-0.4, -0.2) is 36.6 Å². The van der Waals surface area contributed by atoms with Crippen LogP contribution < -0.4 is 10.2 Å². The number of hydrazone groups is 1. The first kappa shape index (κ1) is 14.9. The molecular weight excluding hydrogens is 266 g/mol. The van der Waals surface area contributed by atoms with Crippen molar-refractivity contribution in [1.82, 2.24) is 4.90 Å². The van der Waals surface area contributed by atoms with E-state index in [1.54, 1.807) is 19.2 Å². The van der Waals surface area contributed by atoms with Gasteiger partial charge in [0.25, 0.3) is 0 Å². The molecule has 0 amide bonds. The molecule has 1 aromatic rings. The first-order chi connectivity index (χ1) is 10.2. The molecule has 2 N–H and O–H groups in total. The topological polar surface area (TPSA) is 84.5 Å². The summed E-state index contributed by atoms with van der Waals surface area (Å²) in [4.78, 5) is 1.90. The van der Waals surface area contributed by atoms with Crippen LogP contribution in [0.1, 0.15) is 19.3 Å². The third-order valence-corrected chi connectivity index (χ3v) is 3.39. The van der Waals surface area contributed by atoms with Crippen LogP contribution in [0.5, 0.6) is 5.75 Å². The summed E-state index contributed by atoms with van der Waals surface area (Å²) in [5.74, 6) is 0.948. The number of benzene rings is 1. The average Bonchev–Trinajstić information content (AvgIpc) is 2.56. The van der Waals surface area contributed by atoms with Gasteiger partial charge in [0, 0.05) is 13.1 Å². The van der Waals surface area contributed by atoms with Gasteiger partial charge in [-0.2, -0.15) is 10.4 Å². The highest BCUT2D eigenvalue weighted by atomic mass is 16.5. The maximum Gasteiger partial charge on any atom is 0.202 e. The fourth-order valence-corrected chi connectivity index (χ4v) is 2.18. The van der Waals surface area contributed by atoms with Gasteiger partial charge in [0.05, 0.1) is 12.8 Å². The minimum Gasteiger partial charge on any atom is -0.497 e. The molecule has 1 fully saturated rings. The van der Waals surface area contributed by atoms with Crippen LogP contribution in [0.2, 0.25) is 0 Å². The molecule has 1 aromatic carbocycles. The summed E-state index contributed by atoms with van der Waals surface area (Å²) in [7, 11) is 1.61. The number of hydrogen-bond acceptors (Lipinski definition) is 5. The lowest BCUT2D eigenvalue weighted by molar-refractivity contribution is 0.344. The molecule has 1 aliphatic heterocycles. The zero-order valence-corrected chi connectivity index (χ0v) is 12.1. The number of nitriles is 1. The SMILES string of the molecule is COc1ccc(N/N=C(/C#N)C(=N)N2CCCCC2)cc1. The molecule has 6 nitrogen and oxygen atoms in total. The van der Waals surface area contributed by atoms with Gasteiger partial charge in [0.15, 0.2) is 5.84 Å². The standard InChI is InChI=1S/C15H19N5O/c1-21-13-7-5-12(6-8-13)18-19-14(11-16)15(17)20-9-3-2-4-10-20/h5-8,17-18H,2-4,9-10H2,1H3/b17-15?,19-14-. The number of nitrogens with one attached hydrogen (secondary N) is 2. The Hall–Kier alpha value is -2.55. The predicted octanol–water partition coefficient (Wildman–Crippen LogP) is 2.45. The smallest absolute Gasteiger partial charge is 0.202 e. The van der Waals surface area contributed by atoms with Crippen LogP contribution in [0.3, 0.4) is 0 Å². The maximum absolute atomic E-state index is 9.18. The van der Waals surface area contributed by atoms with Gasteiger partial charge in [0.1, 0.15) is 11.8 Å². The van der Waals surface area contributed by atoms with Crippen molar-refractivity contribution in [3.05, 3.63) is 24.3 Å². The van der Waals surface area contributed by atoms with Crippen molar-refractivity contribution in [2.45, 2.75) is 19.3 Å². The largest absolute Gasteiger partial charge is 0.497 e. The number of nitrogens with zero attached hydrogens (tertiary/aromatic N) is 3. The normalized spacial score (nSPS) is 15.2. The molecule has 0 spiro atoms. The Balaban J connectivity index is 2.02. The van der Waals surface area contributed by atoms with Crippen molar-refractivity contribution in [2.75, 3.05) is 25.6 Å². The zero-order chi connectivity index (χ0) is 15.1. The van der Waals surface area contributed by atoms with Crippen LogP contribution in [0.25, 0.3) is 0 Å². The van der Waals surface area contributed by atoms with Crippen molar-refractivity contribution in [2.24, 2.45) is 5.10 Å². The number of amidine groups is 1. The highest BCUT2D eigenvalue weighted by Crippen LogP contribution is 2.15. The first-order valence-corrected chi connectivity index (χ1v) is 6.96. The molecule has 1 heterocycles. The summed E-state index contributed by atoms with van der Waals surface area (Å²) < 4.78 is 5.08. The van der Waals surface area contributed by atoms with Gasteiger partial charge in [-0.1, -0.05) is 0 Å². The summed E-state index contributed by atoms with van der Waals surface area (Å²) in [6.45, 7) is 1.64. The van der Waals surface area contributed by atoms with E-state index in [-0.39, 0.29) is 11.5 Å². The molecule has 0 aromatic heterocycles. The molecule has 2 rings (SSSR count). The van der Waals surface area contributed by atoms with E-state index in [9.17, 15) is 5.26 Å². The maximum atomic E-state index is 9.18. The zero-order valence-electron chi connectivity index (χ0n) is 12.1. The van der Waals surface area contributed by atoms with Crippen LogP contribution in [0.4, 0.5) is 5.69 Å². The predicted molar refractivity (Wildman–Crippen MR) is 82.8 cm³/mol. The highest BCUT2D eigenvalue weighted by Gasteiger charge is 2.18. The van der Waals surface area contributed by atoms with Gasteiger partial charge in [-0.3, -0.25) is 10.8 Å². The second kappa shape index (κ2) is 7.29. The Morgan fingerprint density at radius 1 is 1.29 bits per heavy atom. The molecule has 6 heteroatoms. The van der Waals surface area contributed by atoms with E-state index in [1.165, 1.54) is 6.42 Å². The van der Waals surface area contributed by atoms with Crippen LogP contribution in [0, 0.1) is 16.7 Å². The van der Waals surface area contributed by atoms with Crippen molar-refractivity contribution < 1.29 is 4.74 Å². The van der Waals surface area contributed by atoms with E-state index in [2.05, 4.69) is 10.5 Å². The van der Waals surface area contributed by atoms with Gasteiger partial charge in [-0.25, -0.2) is 0 Å². The fraction of sp³-hybridized carbons (Fsp3) is 0.400. The van der Waals surface area contributed by atoms with E-state index in [0.717, 1.165) is 37.4 Å². The molecule has 21 heavy (non-hydrogen) atoms. The van der Waals surface area contributed by atoms with E-state index < -0.39 is 0 Å². The molecule has 1 saturated heterocycles. The summed E-state index contributed by atoms with van der Waals surface area (Å²) in [5, 5.41) is 21.3. The van der Waals surface area contributed by atoms with Gasteiger partial charge < -0.3 is 9.64 Å². The highest BCUT2D eigenvalue weighted by molar-refractivity contribution is 6.46. The Kier molecular flexibility index (Phi) is 5.16. The number of rotatable bonds is 4. The molecule has 0 saturated carbocycles. The summed E-state index contributed by atoms with van der Waals surface area (Å²) in [5.41, 5.74) is 3.66. The van der Waals surface area contributed by atoms with Crippen molar-refractivity contribution in [3.63, 3.8) is 0 Å². The number of anilines is 1. The van der Waals surface area contributed by atoms with E-state index >= 15 is 0 Å². The number of likely N-dealkylation sites (tertiary alicyclic amines) is 1. The second-order valence-electron chi connectivity index (χ2n) is 4.81. The van der Waals surface area contributed by atoms with Crippen LogP contribution in [0.15, 0.2) is 29.4 Å². The van der Waals surface area contributed by atoms with Crippen LogP contribution in [-0.2, 0) is 0 Å². The van der Waals surface area contributed by atoms with Crippen molar-refractivity contribution >= 4 is 17.2 Å². The molecule has 0 unspecified atom stereocenters. The monoisotopic (exact) mass is 285 g/mol. The summed E-state index contributed by atoms with van der Waals surface area (Å²) >= 11 is 0. The molecule has 0 atom stereocenters. The Morgan fingerprint density at radius 2 is 1.95 bits per heavy atom. The summed E-state index contributed by atoms with van der Waals surface area (Å²) in [6, 6.07) is 9.21. The minimum absolute atomic E-state index is 0.104. The number of methoxy groups -OCH3 is 1. The Labute approximate surface area is 124 Å². The molecule has 1 aliphatic rings. The van der Waals surface area contributed by atoms with Gasteiger partial charge in [-0.05, 0) is 43.5 Å². The van der Waals surface area contributed by atoms with Gasteiger partial charge in [0.2, 0.25) is 5.71 Å². The van der Waals surface area contributed by atoms with Crippen molar-refractivity contribution in [3.8, 4) is 11.8 Å². The third kappa shape index (κ3) is 3.96. The van der Waals surface area contributed by atoms with Gasteiger partial charge in [-0.15, -0.1) is 0 Å². The quantitative estimate of drug-likeness (QED) is 0.505.